The van der Waals surface area contributed by atoms with Crippen LogP contribution in [0.3, 0.4) is 0 Å². The summed E-state index contributed by atoms with van der Waals surface area (Å²) < 4.78 is 22.2. The molecule has 5 heteroatoms. The standard InChI is InChI=1S/C20H19NO4/c1-22-18-7-12-5-6-21-10-13-3-4-17-20(25-11-24-17)15(13)8-16(21)14(12)9-19(18)23-2/h3-4,7-9H,5-6,10-11H2,1-2H3. The van der Waals surface area contributed by atoms with E-state index in [4.69, 9.17) is 18.9 Å². The monoisotopic (exact) mass is 337 g/mol. The largest absolute Gasteiger partial charge is 0.493 e. The van der Waals surface area contributed by atoms with E-state index in [1.54, 1.807) is 14.2 Å². The van der Waals surface area contributed by atoms with Crippen molar-refractivity contribution < 1.29 is 18.9 Å². The second-order valence-corrected chi connectivity index (χ2v) is 6.44. The Bertz CT molecular complexity index is 903. The minimum absolute atomic E-state index is 0.292. The third kappa shape index (κ3) is 2.08. The smallest absolute Gasteiger partial charge is 0.231 e. The van der Waals surface area contributed by atoms with Crippen LogP contribution in [0.4, 0.5) is 0 Å². The molecule has 3 aliphatic heterocycles. The summed E-state index contributed by atoms with van der Waals surface area (Å²) in [5.41, 5.74) is 6.10. The molecular formula is C20H19NO4. The normalized spacial score (nSPS) is 16.6. The van der Waals surface area contributed by atoms with Crippen molar-refractivity contribution in [1.29, 1.82) is 0 Å². The third-order valence-corrected chi connectivity index (χ3v) is 5.19. The first-order valence-corrected chi connectivity index (χ1v) is 8.42. The molecule has 0 saturated heterocycles. The maximum Gasteiger partial charge on any atom is 0.231 e. The van der Waals surface area contributed by atoms with Crippen molar-refractivity contribution in [1.82, 2.24) is 4.90 Å². The zero-order valence-electron chi connectivity index (χ0n) is 14.3. The Morgan fingerprint density at radius 3 is 2.68 bits per heavy atom. The summed E-state index contributed by atoms with van der Waals surface area (Å²) in [5.74, 6) is 3.22. The molecule has 5 rings (SSSR count). The number of hydrogen-bond acceptors (Lipinski definition) is 5. The first kappa shape index (κ1) is 14.5. The number of ether oxygens (including phenoxy) is 4. The Morgan fingerprint density at radius 1 is 1.00 bits per heavy atom. The average Bonchev–Trinajstić information content (AvgIpc) is 3.14. The molecule has 5 nitrogen and oxygen atoms in total. The molecule has 0 bridgehead atoms. The summed E-state index contributed by atoms with van der Waals surface area (Å²) in [5, 5.41) is 0. The Balaban J connectivity index is 1.69. The van der Waals surface area contributed by atoms with Gasteiger partial charge in [0, 0.05) is 29.9 Å². The van der Waals surface area contributed by atoms with Gasteiger partial charge in [0.15, 0.2) is 23.0 Å². The van der Waals surface area contributed by atoms with Gasteiger partial charge in [-0.05, 0) is 41.8 Å². The zero-order valence-corrected chi connectivity index (χ0v) is 14.3. The second-order valence-electron chi connectivity index (χ2n) is 6.44. The maximum absolute atomic E-state index is 5.72. The molecule has 128 valence electrons. The van der Waals surface area contributed by atoms with Crippen molar-refractivity contribution in [2.24, 2.45) is 0 Å². The van der Waals surface area contributed by atoms with Crippen LogP contribution >= 0.6 is 0 Å². The number of benzene rings is 2. The fraction of sp³-hybridized carbons (Fsp3) is 0.300. The molecule has 0 radical (unpaired) electrons. The predicted octanol–water partition coefficient (Wildman–Crippen LogP) is 3.30. The second kappa shape index (κ2) is 5.34. The van der Waals surface area contributed by atoms with Crippen molar-refractivity contribution in [3.05, 3.63) is 46.5 Å². The van der Waals surface area contributed by atoms with Gasteiger partial charge in [-0.15, -0.1) is 0 Å². The highest BCUT2D eigenvalue weighted by Gasteiger charge is 2.30. The summed E-state index contributed by atoms with van der Waals surface area (Å²) in [7, 11) is 3.35. The van der Waals surface area contributed by atoms with Gasteiger partial charge in [-0.3, -0.25) is 0 Å². The maximum atomic E-state index is 5.72. The van der Waals surface area contributed by atoms with Gasteiger partial charge in [0.1, 0.15) is 0 Å². The lowest BCUT2D eigenvalue weighted by Crippen LogP contribution is -2.31. The molecule has 0 atom stereocenters. The highest BCUT2D eigenvalue weighted by molar-refractivity contribution is 5.88. The van der Waals surface area contributed by atoms with E-state index >= 15 is 0 Å². The summed E-state index contributed by atoms with van der Waals surface area (Å²) >= 11 is 0. The van der Waals surface area contributed by atoms with Gasteiger partial charge < -0.3 is 23.8 Å². The minimum Gasteiger partial charge on any atom is -0.493 e. The zero-order chi connectivity index (χ0) is 17.0. The average molecular weight is 337 g/mol. The highest BCUT2D eigenvalue weighted by atomic mass is 16.7. The Labute approximate surface area is 146 Å². The van der Waals surface area contributed by atoms with E-state index in [2.05, 4.69) is 29.2 Å². The van der Waals surface area contributed by atoms with Gasteiger partial charge in [0.25, 0.3) is 0 Å². The van der Waals surface area contributed by atoms with E-state index in [1.165, 1.54) is 22.4 Å². The molecule has 0 aliphatic carbocycles. The van der Waals surface area contributed by atoms with E-state index < -0.39 is 0 Å². The Morgan fingerprint density at radius 2 is 1.84 bits per heavy atom. The van der Waals surface area contributed by atoms with Crippen molar-refractivity contribution in [3.8, 4) is 23.0 Å². The molecule has 0 amide bonds. The van der Waals surface area contributed by atoms with Crippen LogP contribution in [0.2, 0.25) is 0 Å². The number of fused-ring (bicyclic) bond motifs is 6. The Kier molecular flexibility index (Phi) is 3.10. The fourth-order valence-corrected chi connectivity index (χ4v) is 3.92. The van der Waals surface area contributed by atoms with E-state index in [1.807, 2.05) is 6.07 Å². The SMILES string of the molecule is COc1cc2c(cc1OC)C1=Cc3c(ccc4c3OCO4)CN1CC2. The molecule has 2 aromatic rings. The fourth-order valence-electron chi connectivity index (χ4n) is 3.92. The lowest BCUT2D eigenvalue weighted by molar-refractivity contribution is 0.173. The van der Waals surface area contributed by atoms with Crippen molar-refractivity contribution in [3.63, 3.8) is 0 Å². The first-order chi connectivity index (χ1) is 12.3. The molecule has 0 fully saturated rings. The highest BCUT2D eigenvalue weighted by Crippen LogP contribution is 2.45. The molecule has 0 spiro atoms. The van der Waals surface area contributed by atoms with Crippen LogP contribution in [-0.2, 0) is 13.0 Å². The van der Waals surface area contributed by atoms with Crippen LogP contribution in [0.25, 0.3) is 11.8 Å². The lowest BCUT2D eigenvalue weighted by Gasteiger charge is -2.37. The molecular weight excluding hydrogens is 318 g/mol. The van der Waals surface area contributed by atoms with E-state index in [9.17, 15) is 0 Å². The summed E-state index contributed by atoms with van der Waals surface area (Å²) in [6, 6.07) is 8.32. The van der Waals surface area contributed by atoms with Crippen molar-refractivity contribution in [2.45, 2.75) is 13.0 Å². The van der Waals surface area contributed by atoms with Gasteiger partial charge in [0.05, 0.1) is 14.2 Å². The predicted molar refractivity (Wildman–Crippen MR) is 94.1 cm³/mol. The van der Waals surface area contributed by atoms with Crippen LogP contribution in [0, 0.1) is 0 Å². The van der Waals surface area contributed by atoms with Gasteiger partial charge in [-0.25, -0.2) is 0 Å². The van der Waals surface area contributed by atoms with Crippen LogP contribution in [0.5, 0.6) is 23.0 Å². The molecule has 3 heterocycles. The molecule has 0 saturated carbocycles. The Hall–Kier alpha value is -2.82. The quantitative estimate of drug-likeness (QED) is 0.841. The first-order valence-electron chi connectivity index (χ1n) is 8.42. The summed E-state index contributed by atoms with van der Waals surface area (Å²) in [6.45, 7) is 2.16. The van der Waals surface area contributed by atoms with Gasteiger partial charge in [0.2, 0.25) is 6.79 Å². The number of methoxy groups -OCH3 is 2. The van der Waals surface area contributed by atoms with Gasteiger partial charge in [-0.2, -0.15) is 0 Å². The topological polar surface area (TPSA) is 40.2 Å². The molecule has 3 aliphatic rings. The summed E-state index contributed by atoms with van der Waals surface area (Å²) in [4.78, 5) is 2.42. The van der Waals surface area contributed by atoms with Crippen molar-refractivity contribution >= 4 is 11.8 Å². The number of rotatable bonds is 2. The minimum atomic E-state index is 0.292. The molecule has 0 N–H and O–H groups in total. The third-order valence-electron chi connectivity index (χ3n) is 5.19. The number of nitrogens with zero attached hydrogens (tertiary/aromatic N) is 1. The molecule has 0 unspecified atom stereocenters. The van der Waals surface area contributed by atoms with E-state index in [0.29, 0.717) is 6.79 Å². The number of hydrogen-bond donors (Lipinski definition) is 0. The van der Waals surface area contributed by atoms with Crippen LogP contribution < -0.4 is 18.9 Å². The lowest BCUT2D eigenvalue weighted by atomic mass is 9.90. The van der Waals surface area contributed by atoms with Crippen LogP contribution in [-0.4, -0.2) is 32.5 Å². The van der Waals surface area contributed by atoms with Crippen LogP contribution in [0.1, 0.15) is 22.3 Å². The van der Waals surface area contributed by atoms with E-state index in [-0.39, 0.29) is 0 Å². The van der Waals surface area contributed by atoms with Gasteiger partial charge in [-0.1, -0.05) is 6.07 Å². The molecule has 0 aromatic heterocycles. The molecule has 25 heavy (non-hydrogen) atoms. The summed E-state index contributed by atoms with van der Waals surface area (Å²) in [6.07, 6.45) is 3.21. The van der Waals surface area contributed by atoms with Crippen molar-refractivity contribution in [2.75, 3.05) is 27.6 Å². The van der Waals surface area contributed by atoms with E-state index in [0.717, 1.165) is 48.1 Å². The molecule has 2 aromatic carbocycles. The van der Waals surface area contributed by atoms with Crippen LogP contribution in [0.15, 0.2) is 24.3 Å². The van der Waals surface area contributed by atoms with Gasteiger partial charge >= 0.3 is 0 Å².